The van der Waals surface area contributed by atoms with Crippen molar-refractivity contribution in [3.8, 4) is 0 Å². The summed E-state index contributed by atoms with van der Waals surface area (Å²) in [6, 6.07) is 11.6. The van der Waals surface area contributed by atoms with E-state index in [1.54, 1.807) is 17.2 Å². The van der Waals surface area contributed by atoms with E-state index >= 15 is 0 Å². The maximum Gasteiger partial charge on any atom is 0.270 e. The van der Waals surface area contributed by atoms with Crippen LogP contribution in [0.25, 0.3) is 0 Å². The molecule has 0 spiro atoms. The van der Waals surface area contributed by atoms with Crippen LogP contribution in [0.2, 0.25) is 0 Å². The van der Waals surface area contributed by atoms with Crippen molar-refractivity contribution in [3.05, 3.63) is 53.9 Å². The minimum absolute atomic E-state index is 0.0296. The van der Waals surface area contributed by atoms with Gasteiger partial charge < -0.3 is 15.6 Å². The fourth-order valence-corrected chi connectivity index (χ4v) is 1.84. The van der Waals surface area contributed by atoms with Gasteiger partial charge in [0.15, 0.2) is 0 Å². The standard InChI is InChI=1S/C14H17N3O/c1-2-17(10-11-6-4-3-5-7-11)14(18)13-8-12(15)9-16-13/h3-9,16H,2,10,15H2,1H3. The maximum atomic E-state index is 12.2. The first kappa shape index (κ1) is 12.2. The molecule has 0 bridgehead atoms. The zero-order valence-electron chi connectivity index (χ0n) is 10.4. The highest BCUT2D eigenvalue weighted by atomic mass is 16.2. The molecule has 0 radical (unpaired) electrons. The Labute approximate surface area is 106 Å². The Morgan fingerprint density at radius 3 is 2.61 bits per heavy atom. The Kier molecular flexibility index (Phi) is 3.67. The molecule has 2 rings (SSSR count). The molecule has 1 aromatic carbocycles. The van der Waals surface area contributed by atoms with E-state index in [-0.39, 0.29) is 5.91 Å². The molecule has 0 aliphatic heterocycles. The van der Waals surface area contributed by atoms with E-state index in [0.29, 0.717) is 24.5 Å². The molecular formula is C14H17N3O. The number of amides is 1. The van der Waals surface area contributed by atoms with Gasteiger partial charge in [0.05, 0.1) is 0 Å². The highest BCUT2D eigenvalue weighted by Gasteiger charge is 2.15. The number of rotatable bonds is 4. The number of aromatic amines is 1. The number of anilines is 1. The molecule has 0 atom stereocenters. The van der Waals surface area contributed by atoms with Gasteiger partial charge in [0.1, 0.15) is 5.69 Å². The third kappa shape index (κ3) is 2.71. The van der Waals surface area contributed by atoms with Crippen LogP contribution in [0, 0.1) is 0 Å². The largest absolute Gasteiger partial charge is 0.397 e. The number of hydrogen-bond acceptors (Lipinski definition) is 2. The number of nitrogens with zero attached hydrogens (tertiary/aromatic N) is 1. The number of benzene rings is 1. The summed E-state index contributed by atoms with van der Waals surface area (Å²) in [6.07, 6.45) is 1.63. The smallest absolute Gasteiger partial charge is 0.270 e. The van der Waals surface area contributed by atoms with E-state index in [9.17, 15) is 4.79 Å². The summed E-state index contributed by atoms with van der Waals surface area (Å²) < 4.78 is 0. The summed E-state index contributed by atoms with van der Waals surface area (Å²) in [5, 5.41) is 0. The molecule has 3 N–H and O–H groups in total. The van der Waals surface area contributed by atoms with Crippen LogP contribution in [0.1, 0.15) is 23.0 Å². The number of carbonyl (C=O) groups excluding carboxylic acids is 1. The SMILES string of the molecule is CCN(Cc1ccccc1)C(=O)c1cc(N)c[nH]1. The molecule has 2 aromatic rings. The van der Waals surface area contributed by atoms with Crippen LogP contribution in [0.5, 0.6) is 0 Å². The molecule has 0 saturated carbocycles. The Hall–Kier alpha value is -2.23. The lowest BCUT2D eigenvalue weighted by molar-refractivity contribution is 0.0747. The maximum absolute atomic E-state index is 12.2. The number of H-pyrrole nitrogens is 1. The molecule has 1 aromatic heterocycles. The normalized spacial score (nSPS) is 10.3. The lowest BCUT2D eigenvalue weighted by atomic mass is 10.2. The van der Waals surface area contributed by atoms with Crippen LogP contribution < -0.4 is 5.73 Å². The number of aromatic nitrogens is 1. The van der Waals surface area contributed by atoms with E-state index in [1.807, 2.05) is 37.3 Å². The summed E-state index contributed by atoms with van der Waals surface area (Å²) in [7, 11) is 0. The number of nitrogens with two attached hydrogens (primary N) is 1. The van der Waals surface area contributed by atoms with Crippen LogP contribution in [0.3, 0.4) is 0 Å². The monoisotopic (exact) mass is 243 g/mol. The summed E-state index contributed by atoms with van der Waals surface area (Å²) in [4.78, 5) is 16.9. The summed E-state index contributed by atoms with van der Waals surface area (Å²) in [5.74, 6) is -0.0296. The molecule has 1 amide bonds. The second-order valence-corrected chi connectivity index (χ2v) is 4.15. The first-order chi connectivity index (χ1) is 8.70. The zero-order chi connectivity index (χ0) is 13.0. The van der Waals surface area contributed by atoms with Crippen molar-refractivity contribution >= 4 is 11.6 Å². The van der Waals surface area contributed by atoms with Gasteiger partial charge in [0.25, 0.3) is 5.91 Å². The Bertz CT molecular complexity index is 519. The molecule has 4 heteroatoms. The minimum Gasteiger partial charge on any atom is -0.397 e. The van der Waals surface area contributed by atoms with E-state index in [0.717, 1.165) is 5.56 Å². The molecule has 4 nitrogen and oxygen atoms in total. The second kappa shape index (κ2) is 5.40. The van der Waals surface area contributed by atoms with E-state index in [4.69, 9.17) is 5.73 Å². The fraction of sp³-hybridized carbons (Fsp3) is 0.214. The van der Waals surface area contributed by atoms with Gasteiger partial charge in [-0.15, -0.1) is 0 Å². The third-order valence-electron chi connectivity index (χ3n) is 2.82. The quantitative estimate of drug-likeness (QED) is 0.865. The van der Waals surface area contributed by atoms with Crippen LogP contribution in [0.4, 0.5) is 5.69 Å². The molecule has 0 unspecified atom stereocenters. The van der Waals surface area contributed by atoms with Gasteiger partial charge in [-0.25, -0.2) is 0 Å². The van der Waals surface area contributed by atoms with Gasteiger partial charge in [0.2, 0.25) is 0 Å². The molecule has 94 valence electrons. The molecule has 1 heterocycles. The lowest BCUT2D eigenvalue weighted by Gasteiger charge is -2.20. The van der Waals surface area contributed by atoms with Gasteiger partial charge >= 0.3 is 0 Å². The van der Waals surface area contributed by atoms with E-state index < -0.39 is 0 Å². The van der Waals surface area contributed by atoms with E-state index in [1.165, 1.54) is 0 Å². The molecule has 0 aliphatic rings. The lowest BCUT2D eigenvalue weighted by Crippen LogP contribution is -2.30. The molecule has 0 aliphatic carbocycles. The van der Waals surface area contributed by atoms with Crippen LogP contribution >= 0.6 is 0 Å². The van der Waals surface area contributed by atoms with Crippen LogP contribution in [-0.4, -0.2) is 22.3 Å². The van der Waals surface area contributed by atoms with E-state index in [2.05, 4.69) is 4.98 Å². The Morgan fingerprint density at radius 2 is 2.06 bits per heavy atom. The third-order valence-corrected chi connectivity index (χ3v) is 2.82. The van der Waals surface area contributed by atoms with Crippen molar-refractivity contribution in [2.24, 2.45) is 0 Å². The topological polar surface area (TPSA) is 62.1 Å². The fourth-order valence-electron chi connectivity index (χ4n) is 1.84. The zero-order valence-corrected chi connectivity index (χ0v) is 10.4. The van der Waals surface area contributed by atoms with Crippen molar-refractivity contribution in [1.29, 1.82) is 0 Å². The number of carbonyl (C=O) groups is 1. The van der Waals surface area contributed by atoms with Gasteiger partial charge in [0, 0.05) is 25.0 Å². The summed E-state index contributed by atoms with van der Waals surface area (Å²) >= 11 is 0. The van der Waals surface area contributed by atoms with Crippen LogP contribution in [0.15, 0.2) is 42.6 Å². The average molecular weight is 243 g/mol. The molecule has 18 heavy (non-hydrogen) atoms. The first-order valence-corrected chi connectivity index (χ1v) is 5.97. The summed E-state index contributed by atoms with van der Waals surface area (Å²) in [5.41, 5.74) is 7.84. The van der Waals surface area contributed by atoms with Crippen molar-refractivity contribution in [1.82, 2.24) is 9.88 Å². The summed E-state index contributed by atoms with van der Waals surface area (Å²) in [6.45, 7) is 3.23. The number of hydrogen-bond donors (Lipinski definition) is 2. The van der Waals surface area contributed by atoms with Gasteiger partial charge in [-0.05, 0) is 18.6 Å². The van der Waals surface area contributed by atoms with Crippen LogP contribution in [-0.2, 0) is 6.54 Å². The highest BCUT2D eigenvalue weighted by Crippen LogP contribution is 2.11. The number of nitrogens with one attached hydrogen (secondary N) is 1. The highest BCUT2D eigenvalue weighted by molar-refractivity contribution is 5.93. The van der Waals surface area contributed by atoms with Gasteiger partial charge in [-0.3, -0.25) is 4.79 Å². The minimum atomic E-state index is -0.0296. The molecular weight excluding hydrogens is 226 g/mol. The Morgan fingerprint density at radius 1 is 1.33 bits per heavy atom. The predicted octanol–water partition coefficient (Wildman–Crippen LogP) is 2.26. The van der Waals surface area contributed by atoms with Crippen molar-refractivity contribution < 1.29 is 4.79 Å². The first-order valence-electron chi connectivity index (χ1n) is 5.97. The van der Waals surface area contributed by atoms with Crippen molar-refractivity contribution in [2.45, 2.75) is 13.5 Å². The Balaban J connectivity index is 2.12. The van der Waals surface area contributed by atoms with Crippen molar-refractivity contribution in [2.75, 3.05) is 12.3 Å². The second-order valence-electron chi connectivity index (χ2n) is 4.15. The van der Waals surface area contributed by atoms with Gasteiger partial charge in [-0.1, -0.05) is 30.3 Å². The molecule has 0 fully saturated rings. The average Bonchev–Trinajstić information content (AvgIpc) is 2.83. The van der Waals surface area contributed by atoms with Gasteiger partial charge in [-0.2, -0.15) is 0 Å². The van der Waals surface area contributed by atoms with Crippen molar-refractivity contribution in [3.63, 3.8) is 0 Å². The predicted molar refractivity (Wildman–Crippen MR) is 72.1 cm³/mol. The number of nitrogen functional groups attached to an aromatic ring is 1. The molecule has 0 saturated heterocycles.